The molecule has 2 rings (SSSR count). The minimum absolute atomic E-state index is 0. The Morgan fingerprint density at radius 2 is 2.00 bits per heavy atom. The van der Waals surface area contributed by atoms with Crippen molar-refractivity contribution >= 4 is 46.9 Å². The Morgan fingerprint density at radius 3 is 2.50 bits per heavy atom. The highest BCUT2D eigenvalue weighted by Gasteiger charge is 2.18. The van der Waals surface area contributed by atoms with Crippen LogP contribution >= 0.6 is 46.9 Å². The number of thiophene rings is 1. The second-order valence-corrected chi connectivity index (χ2v) is 5.82. The molecule has 0 amide bonds. The van der Waals surface area contributed by atoms with Gasteiger partial charge in [0.2, 0.25) is 0 Å². The molecule has 1 aromatic heterocycles. The Labute approximate surface area is 116 Å². The molecule has 0 bridgehead atoms. The molecule has 6 heteroatoms. The van der Waals surface area contributed by atoms with E-state index in [1.54, 1.807) is 0 Å². The van der Waals surface area contributed by atoms with Gasteiger partial charge >= 0.3 is 0 Å². The molecule has 1 aliphatic rings. The largest absolute Gasteiger partial charge is 0.328 e. The van der Waals surface area contributed by atoms with Crippen LogP contribution < -0.4 is 5.73 Å². The van der Waals surface area contributed by atoms with Crippen LogP contribution in [-0.4, -0.2) is 24.0 Å². The Kier molecular flexibility index (Phi) is 5.85. The third-order valence-corrected chi connectivity index (χ3v) is 4.70. The zero-order valence-electron chi connectivity index (χ0n) is 8.79. The predicted octanol–water partition coefficient (Wildman–Crippen LogP) is 3.40. The van der Waals surface area contributed by atoms with E-state index in [1.807, 2.05) is 5.38 Å². The van der Waals surface area contributed by atoms with Crippen molar-refractivity contribution in [3.63, 3.8) is 0 Å². The van der Waals surface area contributed by atoms with Gasteiger partial charge in [0.25, 0.3) is 0 Å². The first kappa shape index (κ1) is 14.6. The van der Waals surface area contributed by atoms with E-state index in [2.05, 4.69) is 4.90 Å². The fourth-order valence-electron chi connectivity index (χ4n) is 1.81. The topological polar surface area (TPSA) is 29.3 Å². The summed E-state index contributed by atoms with van der Waals surface area (Å²) in [7, 11) is 0. The standard InChI is InChI=1S/C10H14Cl2N2S.ClH/c11-9-7(6-15-10(9)12)5-14-3-1-8(13)2-4-14;/h6,8H,1-5,13H2;1H. The van der Waals surface area contributed by atoms with E-state index in [0.29, 0.717) is 10.4 Å². The number of hydrogen-bond acceptors (Lipinski definition) is 3. The Bertz CT molecular complexity index is 335. The molecule has 16 heavy (non-hydrogen) atoms. The number of hydrogen-bond donors (Lipinski definition) is 1. The van der Waals surface area contributed by atoms with Gasteiger partial charge in [-0.1, -0.05) is 23.2 Å². The highest BCUT2D eigenvalue weighted by Crippen LogP contribution is 2.33. The van der Waals surface area contributed by atoms with Crippen LogP contribution in [0.5, 0.6) is 0 Å². The van der Waals surface area contributed by atoms with Crippen LogP contribution in [0.15, 0.2) is 5.38 Å². The van der Waals surface area contributed by atoms with E-state index < -0.39 is 0 Å². The van der Waals surface area contributed by atoms with E-state index in [9.17, 15) is 0 Å². The summed E-state index contributed by atoms with van der Waals surface area (Å²) in [5, 5.41) is 2.76. The number of likely N-dealkylation sites (tertiary alicyclic amines) is 1. The second-order valence-electron chi connectivity index (χ2n) is 3.96. The Balaban J connectivity index is 0.00000128. The minimum atomic E-state index is 0. The van der Waals surface area contributed by atoms with Crippen molar-refractivity contribution in [1.29, 1.82) is 0 Å². The van der Waals surface area contributed by atoms with Gasteiger partial charge in [0.1, 0.15) is 4.34 Å². The zero-order chi connectivity index (χ0) is 10.8. The lowest BCUT2D eigenvalue weighted by molar-refractivity contribution is 0.206. The van der Waals surface area contributed by atoms with Crippen molar-refractivity contribution in [3.05, 3.63) is 20.3 Å². The van der Waals surface area contributed by atoms with Crippen LogP contribution in [0, 0.1) is 0 Å². The van der Waals surface area contributed by atoms with E-state index in [1.165, 1.54) is 11.3 Å². The first-order valence-electron chi connectivity index (χ1n) is 5.06. The maximum atomic E-state index is 6.08. The highest BCUT2D eigenvalue weighted by molar-refractivity contribution is 7.15. The van der Waals surface area contributed by atoms with Crippen molar-refractivity contribution in [3.8, 4) is 0 Å². The lowest BCUT2D eigenvalue weighted by Gasteiger charge is -2.29. The molecular formula is C10H15Cl3N2S. The van der Waals surface area contributed by atoms with Gasteiger partial charge in [-0.05, 0) is 36.9 Å². The van der Waals surface area contributed by atoms with Gasteiger partial charge in [0.05, 0.1) is 5.02 Å². The van der Waals surface area contributed by atoms with Crippen LogP contribution in [0.1, 0.15) is 18.4 Å². The fraction of sp³-hybridized carbons (Fsp3) is 0.600. The summed E-state index contributed by atoms with van der Waals surface area (Å²) in [6, 6.07) is 0.378. The summed E-state index contributed by atoms with van der Waals surface area (Å²) in [5.41, 5.74) is 6.99. The van der Waals surface area contributed by atoms with Crippen molar-refractivity contribution < 1.29 is 0 Å². The number of piperidine rings is 1. The summed E-state index contributed by atoms with van der Waals surface area (Å²) in [6.07, 6.45) is 2.16. The lowest BCUT2D eigenvalue weighted by Crippen LogP contribution is -2.39. The van der Waals surface area contributed by atoms with Crippen LogP contribution in [0.2, 0.25) is 9.36 Å². The van der Waals surface area contributed by atoms with E-state index in [-0.39, 0.29) is 12.4 Å². The molecule has 2 nitrogen and oxygen atoms in total. The molecule has 1 aliphatic heterocycles. The average Bonchev–Trinajstić information content (AvgIpc) is 2.53. The van der Waals surface area contributed by atoms with Gasteiger partial charge in [0.15, 0.2) is 0 Å². The molecular weight excluding hydrogens is 287 g/mol. The molecule has 1 aromatic rings. The van der Waals surface area contributed by atoms with E-state index in [4.69, 9.17) is 28.9 Å². The van der Waals surface area contributed by atoms with Gasteiger partial charge < -0.3 is 5.73 Å². The molecule has 0 aromatic carbocycles. The van der Waals surface area contributed by atoms with Crippen molar-refractivity contribution in [2.24, 2.45) is 5.73 Å². The van der Waals surface area contributed by atoms with Gasteiger partial charge in [-0.3, -0.25) is 4.90 Å². The van der Waals surface area contributed by atoms with Crippen molar-refractivity contribution in [2.75, 3.05) is 13.1 Å². The third kappa shape index (κ3) is 3.49. The minimum Gasteiger partial charge on any atom is -0.328 e. The summed E-state index contributed by atoms with van der Waals surface area (Å²) < 4.78 is 0.695. The lowest BCUT2D eigenvalue weighted by atomic mass is 10.1. The number of nitrogens with zero attached hydrogens (tertiary/aromatic N) is 1. The molecule has 2 heterocycles. The summed E-state index contributed by atoms with van der Waals surface area (Å²) >= 11 is 13.5. The second kappa shape index (κ2) is 6.43. The maximum Gasteiger partial charge on any atom is 0.112 e. The number of rotatable bonds is 2. The monoisotopic (exact) mass is 300 g/mol. The van der Waals surface area contributed by atoms with Gasteiger partial charge in [-0.15, -0.1) is 23.7 Å². The summed E-state index contributed by atoms with van der Waals surface area (Å²) in [5.74, 6) is 0. The molecule has 0 saturated carbocycles. The number of nitrogens with two attached hydrogens (primary N) is 1. The van der Waals surface area contributed by atoms with Gasteiger partial charge in [0, 0.05) is 12.6 Å². The van der Waals surface area contributed by atoms with Gasteiger partial charge in [-0.25, -0.2) is 0 Å². The summed E-state index contributed by atoms with van der Waals surface area (Å²) in [6.45, 7) is 3.02. The molecule has 0 aliphatic carbocycles. The third-order valence-electron chi connectivity index (χ3n) is 2.79. The molecule has 0 atom stereocenters. The first-order valence-corrected chi connectivity index (χ1v) is 6.69. The average molecular weight is 302 g/mol. The van der Waals surface area contributed by atoms with Crippen LogP contribution in [0.4, 0.5) is 0 Å². The molecule has 2 N–H and O–H groups in total. The van der Waals surface area contributed by atoms with E-state index in [0.717, 1.165) is 43.1 Å². The van der Waals surface area contributed by atoms with Crippen molar-refractivity contribution in [2.45, 2.75) is 25.4 Å². The molecule has 0 radical (unpaired) electrons. The van der Waals surface area contributed by atoms with Crippen LogP contribution in [0.3, 0.4) is 0 Å². The Morgan fingerprint density at radius 1 is 1.38 bits per heavy atom. The first-order chi connectivity index (χ1) is 7.16. The quantitative estimate of drug-likeness (QED) is 0.907. The molecule has 0 spiro atoms. The normalized spacial score (nSPS) is 18.4. The highest BCUT2D eigenvalue weighted by atomic mass is 35.5. The van der Waals surface area contributed by atoms with Crippen LogP contribution in [0.25, 0.3) is 0 Å². The molecule has 92 valence electrons. The smallest absolute Gasteiger partial charge is 0.112 e. The van der Waals surface area contributed by atoms with Crippen molar-refractivity contribution in [1.82, 2.24) is 4.90 Å². The molecule has 0 unspecified atom stereocenters. The maximum absolute atomic E-state index is 6.08. The predicted molar refractivity (Wildman–Crippen MR) is 74.1 cm³/mol. The summed E-state index contributed by atoms with van der Waals surface area (Å²) in [4.78, 5) is 2.38. The zero-order valence-corrected chi connectivity index (χ0v) is 11.9. The Hall–Kier alpha value is 0.490. The van der Waals surface area contributed by atoms with Gasteiger partial charge in [-0.2, -0.15) is 0 Å². The number of halogens is 3. The SMILES string of the molecule is Cl.NC1CCN(Cc2csc(Cl)c2Cl)CC1. The van der Waals surface area contributed by atoms with Crippen LogP contribution in [-0.2, 0) is 6.54 Å². The van der Waals surface area contributed by atoms with E-state index >= 15 is 0 Å². The molecule has 1 fully saturated rings. The molecule has 1 saturated heterocycles. The fourth-order valence-corrected chi connectivity index (χ4v) is 3.05.